The van der Waals surface area contributed by atoms with E-state index in [4.69, 9.17) is 0 Å². The molecule has 0 saturated heterocycles. The van der Waals surface area contributed by atoms with Gasteiger partial charge in [-0.2, -0.15) is 0 Å². The lowest BCUT2D eigenvalue weighted by atomic mass is 10.2. The van der Waals surface area contributed by atoms with Crippen molar-refractivity contribution in [2.24, 2.45) is 0 Å². The molecule has 0 fully saturated rings. The molecule has 0 aliphatic carbocycles. The molecule has 2 amide bonds. The van der Waals surface area contributed by atoms with Crippen LogP contribution in [0.3, 0.4) is 0 Å². The number of benzene rings is 2. The summed E-state index contributed by atoms with van der Waals surface area (Å²) < 4.78 is 0. The highest BCUT2D eigenvalue weighted by Gasteiger charge is 2.13. The number of carbonyl (C=O) groups is 1. The summed E-state index contributed by atoms with van der Waals surface area (Å²) in [5.74, 6) is 0. The average Bonchev–Trinajstić information content (AvgIpc) is 2.60. The third-order valence-corrected chi connectivity index (χ3v) is 4.05. The minimum absolute atomic E-state index is 0.179. The molecular formula is C20H27N3O2. The quantitative estimate of drug-likeness (QED) is 0.810. The van der Waals surface area contributed by atoms with Crippen molar-refractivity contribution < 1.29 is 9.90 Å². The number of nitrogens with one attached hydrogen (secondary N) is 1. The zero-order valence-corrected chi connectivity index (χ0v) is 15.1. The van der Waals surface area contributed by atoms with Gasteiger partial charge in [0.2, 0.25) is 0 Å². The Hall–Kier alpha value is -2.53. The Morgan fingerprint density at radius 3 is 2.40 bits per heavy atom. The molecule has 1 unspecified atom stereocenters. The number of aliphatic hydroxyl groups is 1. The lowest BCUT2D eigenvalue weighted by Crippen LogP contribution is -2.33. The highest BCUT2D eigenvalue weighted by Crippen LogP contribution is 2.26. The van der Waals surface area contributed by atoms with Gasteiger partial charge in [-0.05, 0) is 31.0 Å². The van der Waals surface area contributed by atoms with E-state index in [1.807, 2.05) is 49.5 Å². The highest BCUT2D eigenvalue weighted by molar-refractivity contribution is 5.93. The monoisotopic (exact) mass is 341 g/mol. The Balaban J connectivity index is 2.05. The summed E-state index contributed by atoms with van der Waals surface area (Å²) in [5, 5.41) is 12.3. The number of hydrogen-bond acceptors (Lipinski definition) is 3. The third kappa shape index (κ3) is 5.80. The van der Waals surface area contributed by atoms with E-state index in [2.05, 4.69) is 22.3 Å². The lowest BCUT2D eigenvalue weighted by molar-refractivity contribution is 0.167. The molecule has 5 nitrogen and oxygen atoms in total. The number of amides is 2. The predicted octanol–water partition coefficient (Wildman–Crippen LogP) is 3.56. The van der Waals surface area contributed by atoms with E-state index in [9.17, 15) is 9.90 Å². The summed E-state index contributed by atoms with van der Waals surface area (Å²) in [7, 11) is 3.74. The van der Waals surface area contributed by atoms with Crippen LogP contribution in [0, 0.1) is 0 Å². The van der Waals surface area contributed by atoms with Gasteiger partial charge in [-0.1, -0.05) is 42.5 Å². The highest BCUT2D eigenvalue weighted by atomic mass is 16.3. The Morgan fingerprint density at radius 1 is 1.08 bits per heavy atom. The molecule has 134 valence electrons. The first-order valence-corrected chi connectivity index (χ1v) is 8.51. The molecule has 2 N–H and O–H groups in total. The summed E-state index contributed by atoms with van der Waals surface area (Å²) in [4.78, 5) is 16.1. The van der Waals surface area contributed by atoms with E-state index in [-0.39, 0.29) is 6.03 Å². The minimum atomic E-state index is -0.417. The number of nitrogens with zero attached hydrogens (tertiary/aromatic N) is 2. The van der Waals surface area contributed by atoms with Crippen LogP contribution in [0.2, 0.25) is 0 Å². The van der Waals surface area contributed by atoms with Crippen LogP contribution >= 0.6 is 0 Å². The first-order valence-electron chi connectivity index (χ1n) is 8.51. The fraction of sp³-hybridized carbons (Fsp3) is 0.350. The summed E-state index contributed by atoms with van der Waals surface area (Å²) in [6, 6.07) is 17.8. The van der Waals surface area contributed by atoms with E-state index in [1.54, 1.807) is 18.9 Å². The zero-order chi connectivity index (χ0) is 18.2. The van der Waals surface area contributed by atoms with Gasteiger partial charge >= 0.3 is 6.03 Å². The number of para-hydroxylation sites is 2. The van der Waals surface area contributed by atoms with Crippen LogP contribution in [0.5, 0.6) is 0 Å². The molecule has 0 aliphatic heterocycles. The van der Waals surface area contributed by atoms with Gasteiger partial charge in [-0.25, -0.2) is 4.79 Å². The standard InChI is InChI=1S/C20H27N3O2/c1-16(24)13-14-22(2)20(25)21-18-11-7-8-12-19(18)23(3)15-17-9-5-4-6-10-17/h4-12,16,24H,13-15H2,1-3H3,(H,21,25). The molecule has 2 aromatic rings. The van der Waals surface area contributed by atoms with Crippen LogP contribution in [-0.4, -0.2) is 42.8 Å². The second-order valence-electron chi connectivity index (χ2n) is 6.35. The molecule has 0 aromatic heterocycles. The number of anilines is 2. The zero-order valence-electron chi connectivity index (χ0n) is 15.1. The van der Waals surface area contributed by atoms with Crippen molar-refractivity contribution in [2.75, 3.05) is 30.9 Å². The molecule has 0 spiro atoms. The molecule has 2 rings (SSSR count). The van der Waals surface area contributed by atoms with Crippen molar-refractivity contribution in [3.8, 4) is 0 Å². The smallest absolute Gasteiger partial charge is 0.321 e. The maximum absolute atomic E-state index is 12.4. The average molecular weight is 341 g/mol. The summed E-state index contributed by atoms with van der Waals surface area (Å²) in [5.41, 5.74) is 2.94. The maximum atomic E-state index is 12.4. The van der Waals surface area contributed by atoms with Crippen LogP contribution in [0.4, 0.5) is 16.2 Å². The Kier molecular flexibility index (Phi) is 6.83. The topological polar surface area (TPSA) is 55.8 Å². The first-order chi connectivity index (χ1) is 12.0. The number of aliphatic hydroxyl groups excluding tert-OH is 1. The van der Waals surface area contributed by atoms with Crippen molar-refractivity contribution in [1.82, 2.24) is 4.90 Å². The maximum Gasteiger partial charge on any atom is 0.321 e. The summed E-state index contributed by atoms with van der Waals surface area (Å²) >= 11 is 0. The Labute approximate surface area is 149 Å². The SMILES string of the molecule is CC(O)CCN(C)C(=O)Nc1ccccc1N(C)Cc1ccccc1. The largest absolute Gasteiger partial charge is 0.393 e. The number of carbonyl (C=O) groups excluding carboxylic acids is 1. The van der Waals surface area contributed by atoms with Crippen LogP contribution < -0.4 is 10.2 Å². The molecular weight excluding hydrogens is 314 g/mol. The van der Waals surface area contributed by atoms with Crippen molar-refractivity contribution in [3.05, 3.63) is 60.2 Å². The van der Waals surface area contributed by atoms with Crippen LogP contribution in [-0.2, 0) is 6.54 Å². The molecule has 2 aromatic carbocycles. The second kappa shape index (κ2) is 9.08. The molecule has 25 heavy (non-hydrogen) atoms. The summed E-state index contributed by atoms with van der Waals surface area (Å²) in [6.07, 6.45) is 0.138. The molecule has 0 bridgehead atoms. The lowest BCUT2D eigenvalue weighted by Gasteiger charge is -2.24. The molecule has 0 heterocycles. The van der Waals surface area contributed by atoms with E-state index >= 15 is 0 Å². The van der Waals surface area contributed by atoms with Gasteiger partial charge < -0.3 is 20.2 Å². The van der Waals surface area contributed by atoms with Gasteiger partial charge in [0.25, 0.3) is 0 Å². The number of rotatable bonds is 7. The number of hydrogen-bond donors (Lipinski definition) is 2. The first kappa shape index (κ1) is 18.8. The minimum Gasteiger partial charge on any atom is -0.393 e. The third-order valence-electron chi connectivity index (χ3n) is 4.05. The van der Waals surface area contributed by atoms with Crippen molar-refractivity contribution >= 4 is 17.4 Å². The van der Waals surface area contributed by atoms with Crippen molar-refractivity contribution in [3.63, 3.8) is 0 Å². The number of urea groups is 1. The van der Waals surface area contributed by atoms with Gasteiger partial charge in [0.15, 0.2) is 0 Å². The van der Waals surface area contributed by atoms with Crippen molar-refractivity contribution in [1.29, 1.82) is 0 Å². The van der Waals surface area contributed by atoms with Gasteiger partial charge in [0.05, 0.1) is 17.5 Å². The molecule has 0 saturated carbocycles. The van der Waals surface area contributed by atoms with E-state index in [1.165, 1.54) is 5.56 Å². The van der Waals surface area contributed by atoms with E-state index in [0.29, 0.717) is 13.0 Å². The Bertz CT molecular complexity index is 674. The van der Waals surface area contributed by atoms with Crippen LogP contribution in [0.15, 0.2) is 54.6 Å². The van der Waals surface area contributed by atoms with Crippen LogP contribution in [0.25, 0.3) is 0 Å². The van der Waals surface area contributed by atoms with Gasteiger partial charge in [-0.15, -0.1) is 0 Å². The second-order valence-corrected chi connectivity index (χ2v) is 6.35. The normalized spacial score (nSPS) is 11.7. The van der Waals surface area contributed by atoms with E-state index in [0.717, 1.165) is 17.9 Å². The fourth-order valence-corrected chi connectivity index (χ4v) is 2.55. The molecule has 0 aliphatic rings. The van der Waals surface area contributed by atoms with Crippen LogP contribution in [0.1, 0.15) is 18.9 Å². The molecule has 0 radical (unpaired) electrons. The van der Waals surface area contributed by atoms with Crippen molar-refractivity contribution in [2.45, 2.75) is 26.0 Å². The van der Waals surface area contributed by atoms with Gasteiger partial charge in [0, 0.05) is 27.2 Å². The molecule has 5 heteroatoms. The Morgan fingerprint density at radius 2 is 1.72 bits per heavy atom. The fourth-order valence-electron chi connectivity index (χ4n) is 2.55. The summed E-state index contributed by atoms with van der Waals surface area (Å²) in [6.45, 7) is 2.98. The predicted molar refractivity (Wildman–Crippen MR) is 103 cm³/mol. The van der Waals surface area contributed by atoms with Gasteiger partial charge in [0.1, 0.15) is 0 Å². The van der Waals surface area contributed by atoms with Gasteiger partial charge in [-0.3, -0.25) is 0 Å². The van der Waals surface area contributed by atoms with E-state index < -0.39 is 6.10 Å². The molecule has 1 atom stereocenters.